The second-order valence-electron chi connectivity index (χ2n) is 6.15. The number of carbonyl (C=O) groups is 1. The van der Waals surface area contributed by atoms with Crippen molar-refractivity contribution < 1.29 is 22.7 Å². The summed E-state index contributed by atoms with van der Waals surface area (Å²) in [6, 6.07) is 3.53. The topological polar surface area (TPSA) is 38.7 Å². The van der Waals surface area contributed by atoms with Gasteiger partial charge in [-0.25, -0.2) is 18.0 Å². The Kier molecular flexibility index (Phi) is 6.80. The summed E-state index contributed by atoms with van der Waals surface area (Å²) in [6.07, 6.45) is -3.73. The van der Waals surface area contributed by atoms with Gasteiger partial charge in [-0.2, -0.15) is 4.99 Å². The summed E-state index contributed by atoms with van der Waals surface area (Å²) < 4.78 is 45.6. The Balaban J connectivity index is 3.08. The fraction of sp³-hybridized carbons (Fsp3) is 0.500. The van der Waals surface area contributed by atoms with Crippen molar-refractivity contribution in [3.63, 3.8) is 0 Å². The predicted octanol–water partition coefficient (Wildman–Crippen LogP) is 5.60. The minimum absolute atomic E-state index is 0.249. The first-order valence-corrected chi connectivity index (χ1v) is 7.86. The van der Waals surface area contributed by atoms with E-state index < -0.39 is 35.2 Å². The molecule has 1 amide bonds. The van der Waals surface area contributed by atoms with Gasteiger partial charge in [0.25, 0.3) is 6.43 Å². The van der Waals surface area contributed by atoms with Gasteiger partial charge in [0.2, 0.25) is 0 Å². The Morgan fingerprint density at radius 3 is 2.48 bits per heavy atom. The molecule has 0 unspecified atom stereocenters. The van der Waals surface area contributed by atoms with Crippen LogP contribution in [0.3, 0.4) is 0 Å². The van der Waals surface area contributed by atoms with Crippen molar-refractivity contribution in [1.82, 2.24) is 0 Å². The smallest absolute Gasteiger partial charge is 0.434 e. The third-order valence-corrected chi connectivity index (χ3v) is 3.38. The van der Waals surface area contributed by atoms with E-state index in [-0.39, 0.29) is 5.92 Å². The molecule has 0 aliphatic heterocycles. The van der Waals surface area contributed by atoms with E-state index in [1.165, 1.54) is 6.07 Å². The van der Waals surface area contributed by atoms with Gasteiger partial charge in [0, 0.05) is 10.0 Å². The first-order chi connectivity index (χ1) is 10.5. The summed E-state index contributed by atoms with van der Waals surface area (Å²) in [5, 5.41) is 0. The maximum atomic E-state index is 13.8. The predicted molar refractivity (Wildman–Crippen MR) is 86.7 cm³/mol. The standard InChI is InChI=1S/C16H19BrF3NO2/c1-9(2)8-16(3,4)23-15(22)21-13(14(19)20)11-7-10(17)5-6-12(11)18/h5-7,9,14H,8H2,1-4H3. The monoisotopic (exact) mass is 393 g/mol. The summed E-state index contributed by atoms with van der Waals surface area (Å²) >= 11 is 3.07. The van der Waals surface area contributed by atoms with Gasteiger partial charge in [0.1, 0.15) is 17.1 Å². The van der Waals surface area contributed by atoms with Crippen LogP contribution in [-0.4, -0.2) is 23.8 Å². The Morgan fingerprint density at radius 1 is 1.35 bits per heavy atom. The number of aliphatic imine (C=N–C) groups is 1. The molecule has 1 rings (SSSR count). The largest absolute Gasteiger partial charge is 0.442 e. The number of alkyl halides is 2. The quantitative estimate of drug-likeness (QED) is 0.610. The summed E-state index contributed by atoms with van der Waals surface area (Å²) in [6.45, 7) is 7.23. The molecule has 0 aromatic heterocycles. The molecule has 0 radical (unpaired) electrons. The zero-order valence-corrected chi connectivity index (χ0v) is 15.0. The molecular formula is C16H19BrF3NO2. The number of ether oxygens (including phenoxy) is 1. The number of halogens is 4. The molecule has 128 valence electrons. The highest BCUT2D eigenvalue weighted by molar-refractivity contribution is 9.10. The van der Waals surface area contributed by atoms with E-state index in [0.29, 0.717) is 10.9 Å². The molecule has 7 heteroatoms. The average Bonchev–Trinajstić information content (AvgIpc) is 2.36. The molecule has 0 heterocycles. The normalized spacial score (nSPS) is 12.9. The highest BCUT2D eigenvalue weighted by Gasteiger charge is 2.26. The van der Waals surface area contributed by atoms with Crippen molar-refractivity contribution in [2.24, 2.45) is 10.9 Å². The number of hydrogen-bond donors (Lipinski definition) is 0. The molecule has 1 aromatic carbocycles. The van der Waals surface area contributed by atoms with Crippen molar-refractivity contribution in [2.75, 3.05) is 0 Å². The Hall–Kier alpha value is -1.37. The van der Waals surface area contributed by atoms with Crippen LogP contribution >= 0.6 is 15.9 Å². The zero-order chi connectivity index (χ0) is 17.8. The lowest BCUT2D eigenvalue weighted by atomic mass is 9.96. The molecule has 3 nitrogen and oxygen atoms in total. The van der Waals surface area contributed by atoms with Crippen LogP contribution in [0.1, 0.15) is 39.7 Å². The van der Waals surface area contributed by atoms with Gasteiger partial charge in [-0.15, -0.1) is 0 Å². The lowest BCUT2D eigenvalue weighted by Crippen LogP contribution is -2.29. The van der Waals surface area contributed by atoms with E-state index in [1.54, 1.807) is 13.8 Å². The fourth-order valence-electron chi connectivity index (χ4n) is 2.30. The van der Waals surface area contributed by atoms with Gasteiger partial charge in [0.15, 0.2) is 0 Å². The highest BCUT2D eigenvalue weighted by Crippen LogP contribution is 2.23. The first kappa shape index (κ1) is 19.7. The minimum atomic E-state index is -3.11. The summed E-state index contributed by atoms with van der Waals surface area (Å²) in [4.78, 5) is 15.1. The minimum Gasteiger partial charge on any atom is -0.442 e. The summed E-state index contributed by atoms with van der Waals surface area (Å²) in [7, 11) is 0. The second-order valence-corrected chi connectivity index (χ2v) is 7.06. The molecule has 1 aromatic rings. The van der Waals surface area contributed by atoms with Crippen LogP contribution in [0.2, 0.25) is 0 Å². The molecule has 0 N–H and O–H groups in total. The molecule has 0 aliphatic rings. The zero-order valence-electron chi connectivity index (χ0n) is 13.4. The number of hydrogen-bond acceptors (Lipinski definition) is 2. The van der Waals surface area contributed by atoms with E-state index in [4.69, 9.17) is 4.74 Å². The van der Waals surface area contributed by atoms with Crippen molar-refractivity contribution in [1.29, 1.82) is 0 Å². The summed E-state index contributed by atoms with van der Waals surface area (Å²) in [5.41, 5.74) is -2.24. The molecule has 0 atom stereocenters. The third kappa shape index (κ3) is 6.33. The second kappa shape index (κ2) is 7.95. The van der Waals surface area contributed by atoms with Crippen LogP contribution in [0.5, 0.6) is 0 Å². The molecule has 0 aliphatic carbocycles. The maximum absolute atomic E-state index is 13.8. The van der Waals surface area contributed by atoms with Gasteiger partial charge >= 0.3 is 6.09 Å². The maximum Gasteiger partial charge on any atom is 0.434 e. The van der Waals surface area contributed by atoms with Crippen molar-refractivity contribution in [3.05, 3.63) is 34.1 Å². The van der Waals surface area contributed by atoms with Gasteiger partial charge in [-0.1, -0.05) is 29.8 Å². The van der Waals surface area contributed by atoms with Crippen molar-refractivity contribution >= 4 is 27.7 Å². The van der Waals surface area contributed by atoms with Crippen molar-refractivity contribution in [2.45, 2.75) is 46.1 Å². The third-order valence-electron chi connectivity index (χ3n) is 2.89. The van der Waals surface area contributed by atoms with Gasteiger partial charge in [-0.05, 0) is 44.4 Å². The summed E-state index contributed by atoms with van der Waals surface area (Å²) in [5.74, 6) is -0.639. The van der Waals surface area contributed by atoms with Crippen molar-refractivity contribution in [3.8, 4) is 0 Å². The Bertz CT molecular complexity index is 601. The Labute approximate surface area is 142 Å². The van der Waals surface area contributed by atoms with E-state index in [2.05, 4.69) is 20.9 Å². The fourth-order valence-corrected chi connectivity index (χ4v) is 2.66. The number of benzene rings is 1. The molecule has 0 bridgehead atoms. The van der Waals surface area contributed by atoms with Gasteiger partial charge < -0.3 is 4.74 Å². The van der Waals surface area contributed by atoms with Crippen LogP contribution in [0.25, 0.3) is 0 Å². The Morgan fingerprint density at radius 2 is 1.96 bits per heavy atom. The van der Waals surface area contributed by atoms with Crippen LogP contribution < -0.4 is 0 Å². The molecule has 0 saturated heterocycles. The van der Waals surface area contributed by atoms with E-state index in [0.717, 1.165) is 12.1 Å². The van der Waals surface area contributed by atoms with Crippen LogP contribution in [-0.2, 0) is 4.74 Å². The number of rotatable bonds is 5. The van der Waals surface area contributed by atoms with E-state index in [9.17, 15) is 18.0 Å². The number of carbonyl (C=O) groups excluding carboxylic acids is 1. The lowest BCUT2D eigenvalue weighted by Gasteiger charge is -2.25. The highest BCUT2D eigenvalue weighted by atomic mass is 79.9. The van der Waals surface area contributed by atoms with E-state index in [1.807, 2.05) is 13.8 Å². The van der Waals surface area contributed by atoms with Gasteiger partial charge in [0.05, 0.1) is 0 Å². The number of nitrogens with zero attached hydrogens (tertiary/aromatic N) is 1. The van der Waals surface area contributed by atoms with Crippen LogP contribution in [0.15, 0.2) is 27.7 Å². The molecule has 23 heavy (non-hydrogen) atoms. The first-order valence-electron chi connectivity index (χ1n) is 7.07. The molecule has 0 saturated carbocycles. The molecule has 0 spiro atoms. The van der Waals surface area contributed by atoms with Crippen LogP contribution in [0.4, 0.5) is 18.0 Å². The molecule has 0 fully saturated rings. The van der Waals surface area contributed by atoms with Crippen LogP contribution in [0, 0.1) is 11.7 Å². The number of amides is 1. The molecular weight excluding hydrogens is 375 g/mol. The average molecular weight is 394 g/mol. The SMILES string of the molecule is CC(C)CC(C)(C)OC(=O)N=C(c1cc(Br)ccc1F)C(F)F. The lowest BCUT2D eigenvalue weighted by molar-refractivity contribution is 0.0302. The van der Waals surface area contributed by atoms with E-state index >= 15 is 0 Å². The van der Waals surface area contributed by atoms with Gasteiger partial charge in [-0.3, -0.25) is 0 Å².